The summed E-state index contributed by atoms with van der Waals surface area (Å²) < 4.78 is 0. The number of carbonyl (C=O) groups excluding carboxylic acids is 2. The number of likely N-dealkylation sites (tertiary alicyclic amines) is 1. The molecule has 1 aliphatic carbocycles. The van der Waals surface area contributed by atoms with E-state index in [1.807, 2.05) is 4.90 Å². The third-order valence-electron chi connectivity index (χ3n) is 5.53. The van der Waals surface area contributed by atoms with Gasteiger partial charge in [0, 0.05) is 25.0 Å². The summed E-state index contributed by atoms with van der Waals surface area (Å²) >= 11 is 5.86. The summed E-state index contributed by atoms with van der Waals surface area (Å²) in [6.07, 6.45) is 6.18. The van der Waals surface area contributed by atoms with Crippen molar-refractivity contribution in [1.82, 2.24) is 20.2 Å². The van der Waals surface area contributed by atoms with Crippen LogP contribution in [0.15, 0.2) is 41.5 Å². The maximum atomic E-state index is 12.9. The van der Waals surface area contributed by atoms with E-state index in [0.29, 0.717) is 29.2 Å². The summed E-state index contributed by atoms with van der Waals surface area (Å²) in [7, 11) is 0. The van der Waals surface area contributed by atoms with Crippen molar-refractivity contribution in [2.75, 3.05) is 6.54 Å². The van der Waals surface area contributed by atoms with E-state index in [2.05, 4.69) is 15.3 Å². The first-order chi connectivity index (χ1) is 13.0. The average Bonchev–Trinajstić information content (AvgIpc) is 3.20. The molecule has 8 heteroatoms. The molecule has 3 heterocycles. The number of nitrogens with one attached hydrogen (secondary N) is 2. The summed E-state index contributed by atoms with van der Waals surface area (Å²) in [5.41, 5.74) is 0.0689. The van der Waals surface area contributed by atoms with Crippen LogP contribution in [0.1, 0.15) is 46.5 Å². The van der Waals surface area contributed by atoms with Crippen LogP contribution in [0.3, 0.4) is 0 Å². The van der Waals surface area contributed by atoms with E-state index in [1.54, 1.807) is 12.1 Å². The number of carbonyl (C=O) groups is 2. The lowest BCUT2D eigenvalue weighted by molar-refractivity contribution is 0.0689. The van der Waals surface area contributed by atoms with Crippen molar-refractivity contribution in [3.8, 4) is 0 Å². The minimum Gasteiger partial charge on any atom is -0.344 e. The largest absolute Gasteiger partial charge is 0.344 e. The number of hydrogen-bond donors (Lipinski definition) is 2. The van der Waals surface area contributed by atoms with Crippen LogP contribution in [0.25, 0.3) is 0 Å². The van der Waals surface area contributed by atoms with Crippen molar-refractivity contribution in [2.24, 2.45) is 0 Å². The monoisotopic (exact) mass is 386 g/mol. The Bertz CT molecular complexity index is 922. The van der Waals surface area contributed by atoms with Crippen LogP contribution in [0, 0.1) is 0 Å². The number of fused-ring (bicyclic) bond motifs is 1. The Labute approximate surface area is 160 Å². The predicted octanol–water partition coefficient (Wildman–Crippen LogP) is 1.99. The van der Waals surface area contributed by atoms with Gasteiger partial charge in [-0.15, -0.1) is 0 Å². The quantitative estimate of drug-likeness (QED) is 0.843. The zero-order chi connectivity index (χ0) is 19.0. The molecule has 1 saturated carbocycles. The highest BCUT2D eigenvalue weighted by molar-refractivity contribution is 6.30. The highest BCUT2D eigenvalue weighted by Crippen LogP contribution is 2.42. The number of halogens is 1. The molecule has 1 aliphatic heterocycles. The van der Waals surface area contributed by atoms with Crippen LogP contribution in [0.4, 0.5) is 0 Å². The van der Waals surface area contributed by atoms with Crippen molar-refractivity contribution >= 4 is 23.4 Å². The highest BCUT2D eigenvalue weighted by Gasteiger charge is 2.52. The van der Waals surface area contributed by atoms with Crippen LogP contribution in [0.2, 0.25) is 5.02 Å². The lowest BCUT2D eigenvalue weighted by Crippen LogP contribution is -2.54. The first-order valence-electron chi connectivity index (χ1n) is 8.92. The lowest BCUT2D eigenvalue weighted by atomic mass is 9.92. The van der Waals surface area contributed by atoms with Gasteiger partial charge in [0.05, 0.1) is 22.2 Å². The normalized spacial score (nSPS) is 23.9. The van der Waals surface area contributed by atoms with Crippen molar-refractivity contribution < 1.29 is 9.59 Å². The minimum absolute atomic E-state index is 0.0609. The molecule has 2 aromatic rings. The number of pyridine rings is 2. The smallest absolute Gasteiger partial charge is 0.272 e. The molecule has 0 bridgehead atoms. The summed E-state index contributed by atoms with van der Waals surface area (Å²) in [6.45, 7) is 0.569. The molecular formula is C19H19ClN4O3. The van der Waals surface area contributed by atoms with Crippen molar-refractivity contribution in [1.29, 1.82) is 0 Å². The van der Waals surface area contributed by atoms with Crippen LogP contribution in [0.5, 0.6) is 0 Å². The lowest BCUT2D eigenvalue weighted by Gasteiger charge is -2.33. The van der Waals surface area contributed by atoms with E-state index in [4.69, 9.17) is 11.6 Å². The summed E-state index contributed by atoms with van der Waals surface area (Å²) in [4.78, 5) is 45.2. The number of amides is 2. The summed E-state index contributed by atoms with van der Waals surface area (Å²) in [5.74, 6) is -0.379. The molecule has 27 heavy (non-hydrogen) atoms. The Hall–Kier alpha value is -2.67. The third kappa shape index (κ3) is 3.23. The Balaban J connectivity index is 1.54. The van der Waals surface area contributed by atoms with Crippen molar-refractivity contribution in [2.45, 2.75) is 37.3 Å². The van der Waals surface area contributed by atoms with E-state index in [0.717, 1.165) is 19.3 Å². The fourth-order valence-electron chi connectivity index (χ4n) is 4.23. The zero-order valence-corrected chi connectivity index (χ0v) is 15.3. The van der Waals surface area contributed by atoms with Crippen LogP contribution in [-0.4, -0.2) is 44.8 Å². The zero-order valence-electron chi connectivity index (χ0n) is 14.6. The molecular weight excluding hydrogens is 368 g/mol. The van der Waals surface area contributed by atoms with Gasteiger partial charge in [-0.2, -0.15) is 0 Å². The second kappa shape index (κ2) is 6.81. The van der Waals surface area contributed by atoms with E-state index in [1.165, 1.54) is 24.5 Å². The number of rotatable bonds is 3. The van der Waals surface area contributed by atoms with Gasteiger partial charge >= 0.3 is 0 Å². The minimum atomic E-state index is -0.435. The number of aromatic nitrogens is 2. The molecule has 2 aromatic heterocycles. The number of hydrogen-bond acceptors (Lipinski definition) is 4. The first kappa shape index (κ1) is 17.7. The van der Waals surface area contributed by atoms with Crippen LogP contribution in [-0.2, 0) is 0 Å². The topological polar surface area (TPSA) is 95.2 Å². The van der Waals surface area contributed by atoms with E-state index < -0.39 is 5.54 Å². The van der Waals surface area contributed by atoms with Crippen molar-refractivity contribution in [3.05, 3.63) is 63.3 Å². The first-order valence-corrected chi connectivity index (χ1v) is 9.30. The van der Waals surface area contributed by atoms with E-state index in [9.17, 15) is 14.4 Å². The predicted molar refractivity (Wildman–Crippen MR) is 99.8 cm³/mol. The second-order valence-electron chi connectivity index (χ2n) is 7.07. The van der Waals surface area contributed by atoms with E-state index >= 15 is 0 Å². The van der Waals surface area contributed by atoms with Gasteiger partial charge in [0.15, 0.2) is 0 Å². The Kier molecular flexibility index (Phi) is 4.47. The maximum absolute atomic E-state index is 12.9. The maximum Gasteiger partial charge on any atom is 0.272 e. The fraction of sp³-hybridized carbons (Fsp3) is 0.368. The van der Waals surface area contributed by atoms with Gasteiger partial charge < -0.3 is 15.2 Å². The van der Waals surface area contributed by atoms with Crippen LogP contribution >= 0.6 is 11.6 Å². The summed E-state index contributed by atoms with van der Waals surface area (Å²) in [6, 6.07) is 6.05. The Morgan fingerprint density at radius 2 is 2.11 bits per heavy atom. The molecule has 0 aromatic carbocycles. The number of aromatic amines is 1. The Morgan fingerprint density at radius 3 is 2.81 bits per heavy atom. The fourth-order valence-corrected chi connectivity index (χ4v) is 4.34. The molecule has 2 atom stereocenters. The SMILES string of the molecule is O=C(NC12CCCC1N(C(=O)c1ccc(Cl)cn1)CC2)c1ccc(=O)[nH]c1. The molecule has 140 valence electrons. The van der Waals surface area contributed by atoms with Gasteiger partial charge in [0.25, 0.3) is 11.8 Å². The molecule has 7 nitrogen and oxygen atoms in total. The van der Waals surface area contributed by atoms with E-state index in [-0.39, 0.29) is 23.4 Å². The molecule has 2 amide bonds. The van der Waals surface area contributed by atoms with Crippen LogP contribution < -0.4 is 10.9 Å². The standard InChI is InChI=1S/C19H19ClN4O3/c20-13-4-5-14(21-11-13)18(27)24-9-8-19(7-1-2-15(19)24)23-17(26)12-3-6-16(25)22-10-12/h3-6,10-11,15H,1-2,7-9H2,(H,22,25)(H,23,26). The molecule has 2 N–H and O–H groups in total. The third-order valence-corrected chi connectivity index (χ3v) is 5.75. The molecule has 2 aliphatic rings. The molecule has 4 rings (SSSR count). The molecule has 0 spiro atoms. The summed E-state index contributed by atoms with van der Waals surface area (Å²) in [5, 5.41) is 3.62. The number of H-pyrrole nitrogens is 1. The van der Waals surface area contributed by atoms with Gasteiger partial charge in [-0.05, 0) is 43.9 Å². The molecule has 2 fully saturated rings. The van der Waals surface area contributed by atoms with Crippen molar-refractivity contribution in [3.63, 3.8) is 0 Å². The Morgan fingerprint density at radius 1 is 1.26 bits per heavy atom. The van der Waals surface area contributed by atoms with Gasteiger partial charge in [-0.1, -0.05) is 11.6 Å². The van der Waals surface area contributed by atoms with Gasteiger partial charge in [-0.3, -0.25) is 14.4 Å². The van der Waals surface area contributed by atoms with Gasteiger partial charge in [0.1, 0.15) is 5.69 Å². The molecule has 2 unspecified atom stereocenters. The molecule has 0 radical (unpaired) electrons. The molecule has 1 saturated heterocycles. The second-order valence-corrected chi connectivity index (χ2v) is 7.51. The van der Waals surface area contributed by atoms with Gasteiger partial charge in [0.2, 0.25) is 5.56 Å². The highest BCUT2D eigenvalue weighted by atomic mass is 35.5. The average molecular weight is 387 g/mol. The van der Waals surface area contributed by atoms with Gasteiger partial charge in [-0.25, -0.2) is 4.98 Å². The number of nitrogens with zero attached hydrogens (tertiary/aromatic N) is 2.